The molecule has 8 heteroatoms. The van der Waals surface area contributed by atoms with Crippen molar-refractivity contribution < 1.29 is 18.0 Å². The lowest BCUT2D eigenvalue weighted by Crippen LogP contribution is -2.36. The fourth-order valence-electron chi connectivity index (χ4n) is 1.44. The minimum absolute atomic E-state index is 0.0660. The van der Waals surface area contributed by atoms with Gasteiger partial charge in [-0.05, 0) is 36.6 Å². The summed E-state index contributed by atoms with van der Waals surface area (Å²) in [5.74, 6) is 0.214. The third-order valence-corrected chi connectivity index (χ3v) is 3.56. The highest BCUT2D eigenvalue weighted by Crippen LogP contribution is 2.33. The van der Waals surface area contributed by atoms with Crippen LogP contribution in [0.15, 0.2) is 22.7 Å². The highest BCUT2D eigenvalue weighted by Gasteiger charge is 2.31. The van der Waals surface area contributed by atoms with Crippen LogP contribution in [0.3, 0.4) is 0 Å². The zero-order chi connectivity index (χ0) is 15.3. The molecule has 3 nitrogen and oxygen atoms in total. The van der Waals surface area contributed by atoms with Gasteiger partial charge in [-0.1, -0.05) is 15.9 Å². The van der Waals surface area contributed by atoms with Crippen LogP contribution in [-0.2, 0) is 11.0 Å². The van der Waals surface area contributed by atoms with Gasteiger partial charge in [-0.15, -0.1) is 0 Å². The lowest BCUT2D eigenvalue weighted by Gasteiger charge is -2.14. The average molecular weight is 371 g/mol. The van der Waals surface area contributed by atoms with E-state index in [2.05, 4.69) is 21.2 Å². The van der Waals surface area contributed by atoms with Gasteiger partial charge in [0.15, 0.2) is 0 Å². The summed E-state index contributed by atoms with van der Waals surface area (Å²) in [7, 11) is 0. The molecular weight excluding hydrogens is 357 g/mol. The first-order valence-electron chi connectivity index (χ1n) is 5.67. The molecule has 1 rings (SSSR count). The molecule has 0 fully saturated rings. The summed E-state index contributed by atoms with van der Waals surface area (Å²) in [6.07, 6.45) is -2.12. The Labute approximate surface area is 127 Å². The average Bonchev–Trinajstić information content (AvgIpc) is 2.34. The van der Waals surface area contributed by atoms with Gasteiger partial charge < -0.3 is 11.1 Å². The SMILES string of the molecule is CSCC[C@@H](N)C(=O)Nc1cc(Br)cc(C(F)(F)F)c1. The van der Waals surface area contributed by atoms with Crippen molar-refractivity contribution in [1.82, 2.24) is 0 Å². The van der Waals surface area contributed by atoms with Gasteiger partial charge in [-0.3, -0.25) is 4.79 Å². The van der Waals surface area contributed by atoms with Crippen LogP contribution in [0.4, 0.5) is 18.9 Å². The van der Waals surface area contributed by atoms with Gasteiger partial charge in [-0.2, -0.15) is 24.9 Å². The molecule has 0 saturated heterocycles. The minimum atomic E-state index is -4.47. The van der Waals surface area contributed by atoms with E-state index in [1.807, 2.05) is 6.26 Å². The zero-order valence-electron chi connectivity index (χ0n) is 10.6. The van der Waals surface area contributed by atoms with Crippen molar-refractivity contribution in [3.8, 4) is 0 Å². The largest absolute Gasteiger partial charge is 0.416 e. The van der Waals surface area contributed by atoms with E-state index < -0.39 is 23.7 Å². The second kappa shape index (κ2) is 7.33. The Balaban J connectivity index is 2.82. The molecule has 0 aliphatic rings. The van der Waals surface area contributed by atoms with E-state index in [0.717, 1.165) is 12.1 Å². The van der Waals surface area contributed by atoms with Gasteiger partial charge in [0.1, 0.15) is 0 Å². The Kier molecular flexibility index (Phi) is 6.35. The van der Waals surface area contributed by atoms with Crippen molar-refractivity contribution in [1.29, 1.82) is 0 Å². The molecule has 0 unspecified atom stereocenters. The van der Waals surface area contributed by atoms with Gasteiger partial charge in [0.2, 0.25) is 5.91 Å². The Morgan fingerprint density at radius 3 is 2.65 bits per heavy atom. The summed E-state index contributed by atoms with van der Waals surface area (Å²) in [6.45, 7) is 0. The number of carbonyl (C=O) groups is 1. The summed E-state index contributed by atoms with van der Waals surface area (Å²) in [6, 6.07) is 2.48. The van der Waals surface area contributed by atoms with E-state index in [1.165, 1.54) is 6.07 Å². The highest BCUT2D eigenvalue weighted by atomic mass is 79.9. The lowest BCUT2D eigenvalue weighted by molar-refractivity contribution is -0.137. The predicted octanol–water partition coefficient (Wildman–Crippen LogP) is 3.49. The van der Waals surface area contributed by atoms with Gasteiger partial charge >= 0.3 is 6.18 Å². The van der Waals surface area contributed by atoms with E-state index in [0.29, 0.717) is 12.2 Å². The topological polar surface area (TPSA) is 55.1 Å². The first-order chi connectivity index (χ1) is 9.24. The third-order valence-electron chi connectivity index (χ3n) is 2.46. The van der Waals surface area contributed by atoms with Crippen LogP contribution < -0.4 is 11.1 Å². The van der Waals surface area contributed by atoms with Gasteiger partial charge in [-0.25, -0.2) is 0 Å². The standard InChI is InChI=1S/C12H14BrF3N2OS/c1-20-3-2-10(17)11(19)18-9-5-7(12(14,15)16)4-8(13)6-9/h4-6,10H,2-3,17H2,1H3,(H,18,19)/t10-/m1/s1. The Morgan fingerprint density at radius 1 is 1.45 bits per heavy atom. The Morgan fingerprint density at radius 2 is 2.10 bits per heavy atom. The van der Waals surface area contributed by atoms with Gasteiger partial charge in [0.25, 0.3) is 0 Å². The number of nitrogens with one attached hydrogen (secondary N) is 1. The smallest absolute Gasteiger partial charge is 0.325 e. The molecule has 1 atom stereocenters. The first-order valence-corrected chi connectivity index (χ1v) is 7.86. The van der Waals surface area contributed by atoms with E-state index in [1.54, 1.807) is 11.8 Å². The number of hydrogen-bond donors (Lipinski definition) is 2. The van der Waals surface area contributed by atoms with E-state index in [9.17, 15) is 18.0 Å². The maximum atomic E-state index is 12.6. The molecule has 20 heavy (non-hydrogen) atoms. The van der Waals surface area contributed by atoms with Gasteiger partial charge in [0, 0.05) is 10.2 Å². The molecule has 0 spiro atoms. The maximum Gasteiger partial charge on any atom is 0.416 e. The second-order valence-corrected chi connectivity index (χ2v) is 6.00. The summed E-state index contributed by atoms with van der Waals surface area (Å²) in [5.41, 5.74) is 4.89. The number of amides is 1. The second-order valence-electron chi connectivity index (χ2n) is 4.10. The van der Waals surface area contributed by atoms with Crippen LogP contribution in [0.5, 0.6) is 0 Å². The molecule has 0 saturated carbocycles. The lowest BCUT2D eigenvalue weighted by atomic mass is 10.1. The number of alkyl halides is 3. The van der Waals surface area contributed by atoms with Gasteiger partial charge in [0.05, 0.1) is 11.6 Å². The molecule has 112 valence electrons. The fraction of sp³-hybridized carbons (Fsp3) is 0.417. The molecule has 0 heterocycles. The molecule has 0 aliphatic carbocycles. The minimum Gasteiger partial charge on any atom is -0.325 e. The molecule has 1 aromatic rings. The van der Waals surface area contributed by atoms with Crippen LogP contribution in [-0.4, -0.2) is 24.0 Å². The van der Waals surface area contributed by atoms with Crippen LogP contribution >= 0.6 is 27.7 Å². The molecular formula is C12H14BrF3N2OS. The molecule has 3 N–H and O–H groups in total. The summed E-state index contributed by atoms with van der Waals surface area (Å²) < 4.78 is 38.2. The fourth-order valence-corrected chi connectivity index (χ4v) is 2.42. The van der Waals surface area contributed by atoms with Crippen LogP contribution in [0.1, 0.15) is 12.0 Å². The summed E-state index contributed by atoms with van der Waals surface area (Å²) >= 11 is 4.53. The highest BCUT2D eigenvalue weighted by molar-refractivity contribution is 9.10. The van der Waals surface area contributed by atoms with E-state index in [4.69, 9.17) is 5.73 Å². The number of anilines is 1. The van der Waals surface area contributed by atoms with Crippen molar-refractivity contribution in [3.63, 3.8) is 0 Å². The van der Waals surface area contributed by atoms with Crippen LogP contribution in [0.2, 0.25) is 0 Å². The maximum absolute atomic E-state index is 12.6. The van der Waals surface area contributed by atoms with Crippen molar-refractivity contribution in [2.24, 2.45) is 5.73 Å². The zero-order valence-corrected chi connectivity index (χ0v) is 13.0. The van der Waals surface area contributed by atoms with Crippen LogP contribution in [0, 0.1) is 0 Å². The number of benzene rings is 1. The molecule has 1 aromatic carbocycles. The van der Waals surface area contributed by atoms with Crippen molar-refractivity contribution in [3.05, 3.63) is 28.2 Å². The molecule has 0 bridgehead atoms. The summed E-state index contributed by atoms with van der Waals surface area (Å²) in [4.78, 5) is 11.7. The number of thioether (sulfide) groups is 1. The molecule has 0 aliphatic heterocycles. The number of rotatable bonds is 5. The Bertz CT molecular complexity index is 482. The quantitative estimate of drug-likeness (QED) is 0.833. The normalized spacial score (nSPS) is 13.1. The predicted molar refractivity (Wildman–Crippen MR) is 78.7 cm³/mol. The van der Waals surface area contributed by atoms with Crippen LogP contribution in [0.25, 0.3) is 0 Å². The number of halogens is 4. The summed E-state index contributed by atoms with van der Waals surface area (Å²) in [5, 5.41) is 2.40. The number of nitrogens with two attached hydrogens (primary N) is 1. The number of carbonyl (C=O) groups excluding carboxylic acids is 1. The van der Waals surface area contributed by atoms with Crippen molar-refractivity contribution >= 4 is 39.3 Å². The molecule has 0 aromatic heterocycles. The van der Waals surface area contributed by atoms with E-state index >= 15 is 0 Å². The molecule has 0 radical (unpaired) electrons. The van der Waals surface area contributed by atoms with E-state index in [-0.39, 0.29) is 10.2 Å². The first kappa shape index (κ1) is 17.3. The monoisotopic (exact) mass is 370 g/mol. The number of hydrogen-bond acceptors (Lipinski definition) is 3. The molecule has 1 amide bonds. The third kappa shape index (κ3) is 5.34. The van der Waals surface area contributed by atoms with Crippen molar-refractivity contribution in [2.45, 2.75) is 18.6 Å². The van der Waals surface area contributed by atoms with Crippen molar-refractivity contribution in [2.75, 3.05) is 17.3 Å². The Hall–Kier alpha value is -0.730.